The van der Waals surface area contributed by atoms with Crippen molar-refractivity contribution >= 4 is 24.5 Å². The summed E-state index contributed by atoms with van der Waals surface area (Å²) in [6.45, 7) is 6.30. The molecule has 0 radical (unpaired) electrons. The van der Waals surface area contributed by atoms with Crippen LogP contribution in [-0.2, 0) is 0 Å². The van der Waals surface area contributed by atoms with Gasteiger partial charge in [-0.2, -0.15) is 0 Å². The molecule has 0 bridgehead atoms. The third-order valence-corrected chi connectivity index (χ3v) is 4.47. The van der Waals surface area contributed by atoms with Gasteiger partial charge in [-0.05, 0) is 12.8 Å². The standard InChI is InChI=1S/C14H32OP.2BrH.H3N/c1-4-5-6-7-8-9-10-11-12-13-14-16(2,3)15;;;/h15H,4-14H2,1-3H3;2*1H;1H3/q+1;;;/p-1. The molecule has 0 spiro atoms. The number of hydrogen-bond acceptors (Lipinski definition) is 2. The molecule has 19 heavy (non-hydrogen) atoms. The summed E-state index contributed by atoms with van der Waals surface area (Å²) in [6.07, 6.45) is 14.8. The zero-order valence-electron chi connectivity index (χ0n) is 13.2. The minimum atomic E-state index is -1.49. The Bertz CT molecular complexity index is 155. The molecule has 0 atom stereocenters. The maximum absolute atomic E-state index is 9.65. The Balaban J connectivity index is -0.000000375. The predicted molar refractivity (Wildman–Crippen MR) is 93.0 cm³/mol. The fourth-order valence-electron chi connectivity index (χ4n) is 1.99. The first kappa shape index (κ1) is 28.5. The van der Waals surface area contributed by atoms with Gasteiger partial charge in [0.15, 0.2) is 0 Å². The van der Waals surface area contributed by atoms with Crippen LogP contribution in [0.5, 0.6) is 0 Å². The number of unbranched alkanes of at least 4 members (excludes halogenated alkanes) is 9. The molecule has 0 fully saturated rings. The molecule has 0 aromatic carbocycles. The lowest BCUT2D eigenvalue weighted by atomic mass is 10.1. The Morgan fingerprint density at radius 2 is 1.05 bits per heavy atom. The zero-order valence-corrected chi connectivity index (χ0v) is 17.4. The molecule has 4 N–H and O–H groups in total. The Hall–Kier alpha value is 1.31. The molecule has 0 rings (SSSR count). The van der Waals surface area contributed by atoms with Crippen molar-refractivity contribution in [3.05, 3.63) is 0 Å². The average molecular weight is 425 g/mol. The minimum absolute atomic E-state index is 0. The molecule has 0 saturated carbocycles. The van der Waals surface area contributed by atoms with Crippen LogP contribution in [0.25, 0.3) is 0 Å². The van der Waals surface area contributed by atoms with Gasteiger partial charge in [0, 0.05) is 0 Å². The molecule has 122 valence electrons. The van der Waals surface area contributed by atoms with Gasteiger partial charge in [0.05, 0.1) is 19.5 Å². The lowest BCUT2D eigenvalue weighted by molar-refractivity contribution is -0.00000562. The Kier molecular flexibility index (Phi) is 28.9. The zero-order chi connectivity index (χ0) is 12.3. The highest BCUT2D eigenvalue weighted by Crippen LogP contribution is 2.46. The van der Waals surface area contributed by atoms with E-state index in [0.717, 1.165) is 6.16 Å². The Morgan fingerprint density at radius 3 is 1.37 bits per heavy atom. The fourth-order valence-corrected chi connectivity index (χ4v) is 2.98. The molecule has 0 aromatic heterocycles. The van der Waals surface area contributed by atoms with Gasteiger partial charge in [-0.3, -0.25) is 4.89 Å². The minimum Gasteiger partial charge on any atom is -1.00 e. The third-order valence-electron chi connectivity index (χ3n) is 3.06. The average Bonchev–Trinajstić information content (AvgIpc) is 2.19. The largest absolute Gasteiger partial charge is 1.00 e. The summed E-state index contributed by atoms with van der Waals surface area (Å²) >= 11 is 0. The lowest BCUT2D eigenvalue weighted by Crippen LogP contribution is -3.00. The first-order valence-electron chi connectivity index (χ1n) is 7.12. The van der Waals surface area contributed by atoms with Crippen molar-refractivity contribution in [1.29, 1.82) is 0 Å². The fraction of sp³-hybridized carbons (Fsp3) is 1.00. The van der Waals surface area contributed by atoms with Gasteiger partial charge in [-0.15, -0.1) is 17.0 Å². The molecule has 0 heterocycles. The monoisotopic (exact) mass is 423 g/mol. The summed E-state index contributed by atoms with van der Waals surface area (Å²) in [5, 5.41) is 0. The second-order valence-corrected chi connectivity index (χ2v) is 9.22. The quantitative estimate of drug-likeness (QED) is 0.395. The molecule has 0 saturated heterocycles. The third kappa shape index (κ3) is 28.3. The van der Waals surface area contributed by atoms with Crippen molar-refractivity contribution in [3.8, 4) is 0 Å². The first-order valence-corrected chi connectivity index (χ1v) is 9.94. The van der Waals surface area contributed by atoms with E-state index in [1.54, 1.807) is 0 Å². The predicted octanol–water partition coefficient (Wildman–Crippen LogP) is 2.84. The molecule has 0 aliphatic rings. The van der Waals surface area contributed by atoms with Gasteiger partial charge < -0.3 is 23.1 Å². The van der Waals surface area contributed by atoms with E-state index in [1.807, 2.05) is 13.3 Å². The van der Waals surface area contributed by atoms with E-state index in [2.05, 4.69) is 6.92 Å². The molecule has 0 unspecified atom stereocenters. The van der Waals surface area contributed by atoms with E-state index in [-0.39, 0.29) is 40.1 Å². The van der Waals surface area contributed by atoms with Crippen LogP contribution in [0.15, 0.2) is 0 Å². The summed E-state index contributed by atoms with van der Waals surface area (Å²) < 4.78 is 0. The topological polar surface area (TPSA) is 55.2 Å². The van der Waals surface area contributed by atoms with E-state index >= 15 is 0 Å². The van der Waals surface area contributed by atoms with Crippen LogP contribution < -0.4 is 23.1 Å². The Morgan fingerprint density at radius 1 is 0.737 bits per heavy atom. The van der Waals surface area contributed by atoms with Crippen LogP contribution in [0.3, 0.4) is 0 Å². The summed E-state index contributed by atoms with van der Waals surface area (Å²) in [5.74, 6) is 0. The van der Waals surface area contributed by atoms with Crippen LogP contribution in [0, 0.1) is 0 Å². The summed E-state index contributed by atoms with van der Waals surface area (Å²) in [4.78, 5) is 9.65. The van der Waals surface area contributed by atoms with Gasteiger partial charge in [0.1, 0.15) is 7.49 Å². The SMILES string of the molecule is Br.CCCCCCCCCCCC[P+](C)(C)O.N.[Br-]. The maximum atomic E-state index is 9.65. The second-order valence-electron chi connectivity index (χ2n) is 5.53. The molecule has 0 aliphatic heterocycles. The van der Waals surface area contributed by atoms with Gasteiger partial charge in [-0.25, -0.2) is 0 Å². The Labute approximate surface area is 143 Å². The molecular weight excluding hydrogens is 389 g/mol. The summed E-state index contributed by atoms with van der Waals surface area (Å²) in [5.41, 5.74) is 0. The van der Waals surface area contributed by atoms with E-state index < -0.39 is 7.49 Å². The molecule has 0 amide bonds. The van der Waals surface area contributed by atoms with Gasteiger partial charge in [-0.1, -0.05) is 58.3 Å². The van der Waals surface area contributed by atoms with Crippen LogP contribution in [0.4, 0.5) is 0 Å². The van der Waals surface area contributed by atoms with Gasteiger partial charge in [0.2, 0.25) is 0 Å². The van der Waals surface area contributed by atoms with Gasteiger partial charge in [0.25, 0.3) is 0 Å². The molecule has 5 heteroatoms. The number of hydrogen-bond donors (Lipinski definition) is 2. The van der Waals surface area contributed by atoms with E-state index in [4.69, 9.17) is 0 Å². The molecule has 0 aliphatic carbocycles. The van der Waals surface area contributed by atoms with E-state index in [9.17, 15) is 4.89 Å². The van der Waals surface area contributed by atoms with Crippen LogP contribution in [0.1, 0.15) is 71.1 Å². The highest BCUT2D eigenvalue weighted by molar-refractivity contribution is 8.93. The van der Waals surface area contributed by atoms with Crippen molar-refractivity contribution < 1.29 is 21.9 Å². The van der Waals surface area contributed by atoms with Crippen molar-refractivity contribution in [2.45, 2.75) is 71.1 Å². The highest BCUT2D eigenvalue weighted by Gasteiger charge is 2.19. The first-order chi connectivity index (χ1) is 7.56. The number of halogens is 2. The van der Waals surface area contributed by atoms with Crippen molar-refractivity contribution in [2.75, 3.05) is 19.5 Å². The van der Waals surface area contributed by atoms with Crippen molar-refractivity contribution in [1.82, 2.24) is 6.15 Å². The normalized spacial score (nSPS) is 10.1. The highest BCUT2D eigenvalue weighted by atomic mass is 79.9. The molecule has 0 aromatic rings. The summed E-state index contributed by atoms with van der Waals surface area (Å²) in [6, 6.07) is 0. The van der Waals surface area contributed by atoms with Crippen LogP contribution >= 0.6 is 24.5 Å². The second kappa shape index (κ2) is 19.3. The van der Waals surface area contributed by atoms with Gasteiger partial charge >= 0.3 is 0 Å². The molecular formula is C14H36Br2NOP. The maximum Gasteiger partial charge on any atom is 0.136 e. The van der Waals surface area contributed by atoms with E-state index in [1.165, 1.54) is 64.2 Å². The van der Waals surface area contributed by atoms with Crippen LogP contribution in [0.2, 0.25) is 0 Å². The number of rotatable bonds is 11. The molecule has 2 nitrogen and oxygen atoms in total. The lowest BCUT2D eigenvalue weighted by Gasteiger charge is -2.08. The van der Waals surface area contributed by atoms with E-state index in [0.29, 0.717) is 0 Å². The smallest absolute Gasteiger partial charge is 0.136 e. The van der Waals surface area contributed by atoms with Crippen molar-refractivity contribution in [3.63, 3.8) is 0 Å². The van der Waals surface area contributed by atoms with Crippen molar-refractivity contribution in [2.24, 2.45) is 0 Å². The van der Waals surface area contributed by atoms with Crippen LogP contribution in [-0.4, -0.2) is 24.4 Å². The summed E-state index contributed by atoms with van der Waals surface area (Å²) in [7, 11) is -1.49.